The molecule has 2 aliphatic rings. The monoisotopic (exact) mass is 401 g/mol. The fourth-order valence-electron chi connectivity index (χ4n) is 4.39. The number of hydrogen-bond donors (Lipinski definition) is 2. The molecule has 2 aliphatic heterocycles. The Morgan fingerprint density at radius 1 is 1.17 bits per heavy atom. The normalized spacial score (nSPS) is 21.3. The van der Waals surface area contributed by atoms with Gasteiger partial charge in [0.25, 0.3) is 12.3 Å². The maximum atomic E-state index is 13.2. The topological polar surface area (TPSA) is 79.5 Å². The van der Waals surface area contributed by atoms with Crippen LogP contribution >= 0.6 is 0 Å². The van der Waals surface area contributed by atoms with Gasteiger partial charge in [-0.15, -0.1) is 5.10 Å². The molecular formula is C19H21F2N7O. The predicted molar refractivity (Wildman–Crippen MR) is 103 cm³/mol. The largest absolute Gasteiger partial charge is 0.347 e. The summed E-state index contributed by atoms with van der Waals surface area (Å²) in [6.45, 7) is 1.85. The zero-order valence-corrected chi connectivity index (χ0v) is 15.8. The van der Waals surface area contributed by atoms with Crippen LogP contribution in [0.4, 0.5) is 20.3 Å². The van der Waals surface area contributed by atoms with Gasteiger partial charge in [-0.1, -0.05) is 0 Å². The van der Waals surface area contributed by atoms with Crippen molar-refractivity contribution in [1.82, 2.24) is 24.7 Å². The zero-order chi connectivity index (χ0) is 20.1. The average Bonchev–Trinajstić information content (AvgIpc) is 3.34. The molecule has 8 nitrogen and oxygen atoms in total. The maximum absolute atomic E-state index is 13.2. The van der Waals surface area contributed by atoms with Gasteiger partial charge in [-0.25, -0.2) is 13.3 Å². The van der Waals surface area contributed by atoms with E-state index in [0.29, 0.717) is 12.1 Å². The number of carbonyl (C=O) groups is 1. The number of nitrogens with one attached hydrogen (secondary N) is 2. The van der Waals surface area contributed by atoms with Gasteiger partial charge in [0.1, 0.15) is 11.5 Å². The molecule has 0 spiro atoms. The number of hydrogen-bond acceptors (Lipinski definition) is 5. The van der Waals surface area contributed by atoms with Gasteiger partial charge < -0.3 is 15.5 Å². The lowest BCUT2D eigenvalue weighted by Gasteiger charge is -2.36. The molecule has 2 N–H and O–H groups in total. The van der Waals surface area contributed by atoms with Crippen LogP contribution in [-0.2, 0) is 7.05 Å². The van der Waals surface area contributed by atoms with Crippen molar-refractivity contribution in [1.29, 1.82) is 0 Å². The summed E-state index contributed by atoms with van der Waals surface area (Å²) in [5, 5.41) is 14.4. The third kappa shape index (κ3) is 3.03. The lowest BCUT2D eigenvalue weighted by atomic mass is 10.2. The van der Waals surface area contributed by atoms with Crippen LogP contribution < -0.4 is 15.5 Å². The zero-order valence-electron chi connectivity index (χ0n) is 15.8. The van der Waals surface area contributed by atoms with Crippen LogP contribution in [0.2, 0.25) is 0 Å². The van der Waals surface area contributed by atoms with Crippen molar-refractivity contribution >= 4 is 22.9 Å². The SMILES string of the molecule is Cn1cc(NC(=O)c2ccc3ccc(N4C5CCC4CNC5)nn23)c(C(F)F)n1. The number of alkyl halides is 2. The van der Waals surface area contributed by atoms with Crippen molar-refractivity contribution in [2.75, 3.05) is 23.3 Å². The second-order valence-electron chi connectivity index (χ2n) is 7.55. The minimum atomic E-state index is -2.77. The van der Waals surface area contributed by atoms with Gasteiger partial charge in [0.05, 0.1) is 11.2 Å². The van der Waals surface area contributed by atoms with Crippen molar-refractivity contribution < 1.29 is 13.6 Å². The highest BCUT2D eigenvalue weighted by atomic mass is 19.3. The second kappa shape index (κ2) is 6.80. The van der Waals surface area contributed by atoms with Crippen molar-refractivity contribution in [2.45, 2.75) is 31.4 Å². The summed E-state index contributed by atoms with van der Waals surface area (Å²) in [5.41, 5.74) is 0.599. The first-order valence-corrected chi connectivity index (χ1v) is 9.62. The van der Waals surface area contributed by atoms with E-state index in [1.54, 1.807) is 16.6 Å². The van der Waals surface area contributed by atoms with E-state index in [9.17, 15) is 13.6 Å². The quantitative estimate of drug-likeness (QED) is 0.701. The molecule has 5 heterocycles. The van der Waals surface area contributed by atoms with Crippen LogP contribution in [0.5, 0.6) is 0 Å². The summed E-state index contributed by atoms with van der Waals surface area (Å²) >= 11 is 0. The molecule has 2 saturated heterocycles. The molecular weight excluding hydrogens is 380 g/mol. The molecule has 0 saturated carbocycles. The first-order chi connectivity index (χ1) is 14.0. The van der Waals surface area contributed by atoms with E-state index < -0.39 is 18.0 Å². The fourth-order valence-corrected chi connectivity index (χ4v) is 4.39. The van der Waals surface area contributed by atoms with Gasteiger partial charge in [0.15, 0.2) is 5.69 Å². The molecule has 5 rings (SSSR count). The van der Waals surface area contributed by atoms with Crippen molar-refractivity contribution in [2.24, 2.45) is 7.05 Å². The van der Waals surface area contributed by atoms with Crippen LogP contribution in [0.15, 0.2) is 30.5 Å². The fraction of sp³-hybridized carbons (Fsp3) is 0.421. The lowest BCUT2D eigenvalue weighted by Crippen LogP contribution is -2.52. The minimum absolute atomic E-state index is 0.00115. The highest BCUT2D eigenvalue weighted by Crippen LogP contribution is 2.31. The molecule has 2 bridgehead atoms. The van der Waals surface area contributed by atoms with Crippen LogP contribution in [0.25, 0.3) is 5.52 Å². The van der Waals surface area contributed by atoms with Crippen LogP contribution in [0.1, 0.15) is 35.4 Å². The number of fused-ring (bicyclic) bond motifs is 3. The molecule has 10 heteroatoms. The van der Waals surface area contributed by atoms with E-state index in [-0.39, 0.29) is 11.4 Å². The standard InChI is InChI=1S/C19H21F2N7O/c1-26-10-14(17(25-26)18(20)21)23-19(29)15-6-4-11-5-7-16(24-28(11)15)27-12-2-3-13(27)9-22-8-12/h4-7,10,12-13,18,22H,2-3,8-9H2,1H3,(H,23,29). The van der Waals surface area contributed by atoms with E-state index in [1.165, 1.54) is 17.9 Å². The predicted octanol–water partition coefficient (Wildman–Crippen LogP) is 2.20. The van der Waals surface area contributed by atoms with Crippen molar-refractivity contribution in [3.05, 3.63) is 41.9 Å². The van der Waals surface area contributed by atoms with Gasteiger partial charge in [-0.05, 0) is 37.1 Å². The van der Waals surface area contributed by atoms with E-state index in [0.717, 1.165) is 37.3 Å². The molecule has 29 heavy (non-hydrogen) atoms. The Labute approximate surface area is 165 Å². The number of anilines is 2. The van der Waals surface area contributed by atoms with Gasteiger partial charge in [0.2, 0.25) is 0 Å². The smallest absolute Gasteiger partial charge is 0.284 e. The maximum Gasteiger partial charge on any atom is 0.284 e. The summed E-state index contributed by atoms with van der Waals surface area (Å²) in [6, 6.07) is 8.13. The van der Waals surface area contributed by atoms with Gasteiger partial charge in [0, 0.05) is 38.4 Å². The summed E-state index contributed by atoms with van der Waals surface area (Å²) < 4.78 is 29.2. The Bertz CT molecular complexity index is 1060. The number of piperazine rings is 1. The third-order valence-electron chi connectivity index (χ3n) is 5.68. The third-order valence-corrected chi connectivity index (χ3v) is 5.68. The Kier molecular flexibility index (Phi) is 4.23. The van der Waals surface area contributed by atoms with Gasteiger partial charge >= 0.3 is 0 Å². The summed E-state index contributed by atoms with van der Waals surface area (Å²) in [4.78, 5) is 15.2. The lowest BCUT2D eigenvalue weighted by molar-refractivity contribution is 0.101. The first kappa shape index (κ1) is 18.0. The molecule has 1 amide bonds. The van der Waals surface area contributed by atoms with E-state index in [2.05, 4.69) is 20.6 Å². The number of amides is 1. The van der Waals surface area contributed by atoms with E-state index in [4.69, 9.17) is 5.10 Å². The molecule has 3 aromatic heterocycles. The number of nitrogens with zero attached hydrogens (tertiary/aromatic N) is 5. The number of rotatable bonds is 4. The number of halogens is 2. The summed E-state index contributed by atoms with van der Waals surface area (Å²) in [5.74, 6) is 0.319. The van der Waals surface area contributed by atoms with E-state index >= 15 is 0 Å². The molecule has 0 radical (unpaired) electrons. The molecule has 0 aromatic carbocycles. The number of aryl methyl sites for hydroxylation is 1. The van der Waals surface area contributed by atoms with Crippen molar-refractivity contribution in [3.8, 4) is 0 Å². The number of aromatic nitrogens is 4. The average molecular weight is 401 g/mol. The van der Waals surface area contributed by atoms with Gasteiger partial charge in [-0.3, -0.25) is 9.48 Å². The minimum Gasteiger partial charge on any atom is -0.347 e. The Morgan fingerprint density at radius 3 is 2.62 bits per heavy atom. The Balaban J connectivity index is 1.47. The Morgan fingerprint density at radius 2 is 1.90 bits per heavy atom. The molecule has 152 valence electrons. The van der Waals surface area contributed by atoms with Crippen LogP contribution in [0.3, 0.4) is 0 Å². The molecule has 0 aliphatic carbocycles. The van der Waals surface area contributed by atoms with Gasteiger partial charge in [-0.2, -0.15) is 5.10 Å². The number of carbonyl (C=O) groups excluding carboxylic acids is 1. The Hall–Kier alpha value is -3.01. The summed E-state index contributed by atoms with van der Waals surface area (Å²) in [7, 11) is 1.53. The first-order valence-electron chi connectivity index (χ1n) is 9.62. The molecule has 2 unspecified atom stereocenters. The van der Waals surface area contributed by atoms with Crippen LogP contribution in [-0.4, -0.2) is 50.5 Å². The van der Waals surface area contributed by atoms with Crippen molar-refractivity contribution in [3.63, 3.8) is 0 Å². The highest BCUT2D eigenvalue weighted by molar-refractivity contribution is 6.04. The second-order valence-corrected chi connectivity index (χ2v) is 7.55. The molecule has 2 fully saturated rings. The molecule has 2 atom stereocenters. The van der Waals surface area contributed by atoms with Crippen LogP contribution in [0, 0.1) is 0 Å². The molecule has 3 aromatic rings. The van der Waals surface area contributed by atoms with E-state index in [1.807, 2.05) is 12.1 Å². The summed E-state index contributed by atoms with van der Waals surface area (Å²) in [6.07, 6.45) is 0.831. The highest BCUT2D eigenvalue weighted by Gasteiger charge is 2.37.